The molecule has 0 saturated heterocycles. The van der Waals surface area contributed by atoms with Crippen LogP contribution in [0.4, 0.5) is 0 Å². The van der Waals surface area contributed by atoms with E-state index in [2.05, 4.69) is 0 Å². The number of hydrogen-bond donors (Lipinski definition) is 3. The number of carbonyl (C=O) groups is 1. The van der Waals surface area contributed by atoms with Crippen LogP contribution in [0.15, 0.2) is 0 Å². The molecule has 1 unspecified atom stereocenters. The third kappa shape index (κ3) is 1.95. The van der Waals surface area contributed by atoms with Crippen molar-refractivity contribution in [2.24, 2.45) is 11.7 Å². The summed E-state index contributed by atoms with van der Waals surface area (Å²) >= 11 is 0. The fourth-order valence-electron chi connectivity index (χ4n) is 1.74. The molecule has 0 bridgehead atoms. The molecule has 70 valence electrons. The molecule has 1 rings (SSSR count). The van der Waals surface area contributed by atoms with Crippen LogP contribution >= 0.6 is 0 Å². The molecule has 0 aromatic heterocycles. The number of hydrogen-bond acceptors (Lipinski definition) is 3. The molecule has 0 spiro atoms. The van der Waals surface area contributed by atoms with Gasteiger partial charge in [0, 0.05) is 5.92 Å². The Morgan fingerprint density at radius 3 is 2.50 bits per heavy atom. The van der Waals surface area contributed by atoms with Gasteiger partial charge in [-0.1, -0.05) is 12.8 Å². The molecule has 0 aromatic carbocycles. The molecule has 4 heteroatoms. The van der Waals surface area contributed by atoms with Gasteiger partial charge < -0.3 is 15.9 Å². The molecule has 3 atom stereocenters. The molecule has 0 radical (unpaired) electrons. The van der Waals surface area contributed by atoms with Crippen LogP contribution in [0.5, 0.6) is 0 Å². The fraction of sp³-hybridized carbons (Fsp3) is 0.875. The third-order valence-electron chi connectivity index (χ3n) is 2.53. The van der Waals surface area contributed by atoms with Gasteiger partial charge in [0.25, 0.3) is 0 Å². The van der Waals surface area contributed by atoms with Crippen molar-refractivity contribution >= 4 is 5.97 Å². The van der Waals surface area contributed by atoms with Gasteiger partial charge in [0.1, 0.15) is 6.04 Å². The monoisotopic (exact) mass is 173 g/mol. The van der Waals surface area contributed by atoms with Gasteiger partial charge in [-0.3, -0.25) is 4.79 Å². The first-order valence-electron chi connectivity index (χ1n) is 4.29. The first-order valence-corrected chi connectivity index (χ1v) is 4.29. The molecule has 4 nitrogen and oxygen atoms in total. The lowest BCUT2D eigenvalue weighted by Crippen LogP contribution is -2.45. The van der Waals surface area contributed by atoms with Gasteiger partial charge in [-0.05, 0) is 12.8 Å². The van der Waals surface area contributed by atoms with Crippen LogP contribution < -0.4 is 5.73 Å². The molecule has 12 heavy (non-hydrogen) atoms. The highest BCUT2D eigenvalue weighted by atomic mass is 16.4. The SMILES string of the molecule is N[C@@H](C(=O)O)[C@@H]1CCCCC1O. The number of rotatable bonds is 2. The van der Waals surface area contributed by atoms with Crippen LogP contribution in [0.25, 0.3) is 0 Å². The average molecular weight is 173 g/mol. The zero-order valence-electron chi connectivity index (χ0n) is 6.94. The van der Waals surface area contributed by atoms with Crippen molar-refractivity contribution in [1.82, 2.24) is 0 Å². The van der Waals surface area contributed by atoms with Gasteiger partial charge in [-0.25, -0.2) is 0 Å². The zero-order chi connectivity index (χ0) is 9.14. The zero-order valence-corrected chi connectivity index (χ0v) is 6.94. The second-order valence-corrected chi connectivity index (χ2v) is 3.38. The quantitative estimate of drug-likeness (QED) is 0.546. The molecule has 0 amide bonds. The third-order valence-corrected chi connectivity index (χ3v) is 2.53. The number of aliphatic carboxylic acids is 1. The van der Waals surface area contributed by atoms with E-state index in [0.29, 0.717) is 6.42 Å². The van der Waals surface area contributed by atoms with Gasteiger partial charge in [0.15, 0.2) is 0 Å². The molecular formula is C8H15NO3. The number of aliphatic hydroxyl groups excluding tert-OH is 1. The molecule has 1 fully saturated rings. The van der Waals surface area contributed by atoms with Gasteiger partial charge in [-0.15, -0.1) is 0 Å². The molecule has 1 saturated carbocycles. The maximum atomic E-state index is 10.5. The van der Waals surface area contributed by atoms with Crippen molar-refractivity contribution in [2.75, 3.05) is 0 Å². The highest BCUT2D eigenvalue weighted by Gasteiger charge is 2.32. The average Bonchev–Trinajstić information content (AvgIpc) is 2.04. The van der Waals surface area contributed by atoms with Crippen molar-refractivity contribution in [2.45, 2.75) is 37.8 Å². The molecule has 0 aromatic rings. The van der Waals surface area contributed by atoms with Crippen molar-refractivity contribution in [1.29, 1.82) is 0 Å². The van der Waals surface area contributed by atoms with E-state index in [9.17, 15) is 9.90 Å². The largest absolute Gasteiger partial charge is 0.480 e. The van der Waals surface area contributed by atoms with Crippen molar-refractivity contribution in [3.05, 3.63) is 0 Å². The molecule has 0 heterocycles. The smallest absolute Gasteiger partial charge is 0.320 e. The lowest BCUT2D eigenvalue weighted by molar-refractivity contribution is -0.141. The van der Waals surface area contributed by atoms with Crippen LogP contribution in [-0.4, -0.2) is 28.3 Å². The van der Waals surface area contributed by atoms with Crippen LogP contribution in [0.1, 0.15) is 25.7 Å². The van der Waals surface area contributed by atoms with Crippen molar-refractivity contribution in [3.63, 3.8) is 0 Å². The summed E-state index contributed by atoms with van der Waals surface area (Å²) in [5.74, 6) is -1.27. The maximum Gasteiger partial charge on any atom is 0.320 e. The van der Waals surface area contributed by atoms with E-state index in [1.54, 1.807) is 0 Å². The number of aliphatic hydroxyl groups is 1. The maximum absolute atomic E-state index is 10.5. The van der Waals surface area contributed by atoms with E-state index in [1.807, 2.05) is 0 Å². The molecule has 1 aliphatic carbocycles. The highest BCUT2D eigenvalue weighted by Crippen LogP contribution is 2.26. The molecule has 1 aliphatic rings. The Morgan fingerprint density at radius 2 is 2.00 bits per heavy atom. The Bertz CT molecular complexity index is 172. The van der Waals surface area contributed by atoms with E-state index < -0.39 is 18.1 Å². The Labute approximate surface area is 71.4 Å². The minimum Gasteiger partial charge on any atom is -0.480 e. The molecular weight excluding hydrogens is 158 g/mol. The summed E-state index contributed by atoms with van der Waals surface area (Å²) in [6.07, 6.45) is 2.84. The lowest BCUT2D eigenvalue weighted by atomic mass is 9.82. The van der Waals surface area contributed by atoms with E-state index in [1.165, 1.54) is 0 Å². The van der Waals surface area contributed by atoms with E-state index in [4.69, 9.17) is 10.8 Å². The summed E-state index contributed by atoms with van der Waals surface area (Å²) in [4.78, 5) is 10.5. The summed E-state index contributed by atoms with van der Waals surface area (Å²) in [6, 6.07) is -0.903. The lowest BCUT2D eigenvalue weighted by Gasteiger charge is -2.29. The molecule has 0 aliphatic heterocycles. The van der Waals surface area contributed by atoms with Crippen LogP contribution in [0, 0.1) is 5.92 Å². The van der Waals surface area contributed by atoms with Gasteiger partial charge >= 0.3 is 5.97 Å². The van der Waals surface area contributed by atoms with Gasteiger partial charge in [0.2, 0.25) is 0 Å². The predicted octanol–water partition coefficient (Wildman–Crippen LogP) is -0.0506. The van der Waals surface area contributed by atoms with Gasteiger partial charge in [-0.2, -0.15) is 0 Å². The predicted molar refractivity (Wildman–Crippen MR) is 43.6 cm³/mol. The van der Waals surface area contributed by atoms with Crippen LogP contribution in [0.2, 0.25) is 0 Å². The minimum atomic E-state index is -1.01. The second kappa shape index (κ2) is 3.87. The van der Waals surface area contributed by atoms with E-state index in [0.717, 1.165) is 19.3 Å². The summed E-state index contributed by atoms with van der Waals surface area (Å²) in [7, 11) is 0. The molecule has 4 N–H and O–H groups in total. The Kier molecular flexibility index (Phi) is 3.05. The summed E-state index contributed by atoms with van der Waals surface area (Å²) in [6.45, 7) is 0. The normalized spacial score (nSPS) is 32.8. The minimum absolute atomic E-state index is 0.253. The van der Waals surface area contributed by atoms with E-state index in [-0.39, 0.29) is 5.92 Å². The number of carboxylic acids is 1. The van der Waals surface area contributed by atoms with Gasteiger partial charge in [0.05, 0.1) is 6.10 Å². The Balaban J connectivity index is 2.53. The fourth-order valence-corrected chi connectivity index (χ4v) is 1.74. The number of carboxylic acid groups (broad SMARTS) is 1. The van der Waals surface area contributed by atoms with Crippen LogP contribution in [-0.2, 0) is 4.79 Å². The summed E-state index contributed by atoms with van der Waals surface area (Å²) in [5, 5.41) is 18.1. The first kappa shape index (κ1) is 9.48. The highest BCUT2D eigenvalue weighted by molar-refractivity contribution is 5.73. The first-order chi connectivity index (χ1) is 5.63. The Morgan fingerprint density at radius 1 is 1.42 bits per heavy atom. The van der Waals surface area contributed by atoms with Crippen molar-refractivity contribution < 1.29 is 15.0 Å². The Hall–Kier alpha value is -0.610. The standard InChI is InChI=1S/C8H15NO3/c9-7(8(11)12)5-3-1-2-4-6(5)10/h5-7,10H,1-4,9H2,(H,11,12)/t5-,6?,7-/m1/s1. The second-order valence-electron chi connectivity index (χ2n) is 3.38. The number of nitrogens with two attached hydrogens (primary N) is 1. The van der Waals surface area contributed by atoms with E-state index >= 15 is 0 Å². The van der Waals surface area contributed by atoms with Crippen LogP contribution in [0.3, 0.4) is 0 Å². The van der Waals surface area contributed by atoms with Crippen molar-refractivity contribution in [3.8, 4) is 0 Å². The topological polar surface area (TPSA) is 83.6 Å². The summed E-state index contributed by atoms with van der Waals surface area (Å²) < 4.78 is 0. The summed E-state index contributed by atoms with van der Waals surface area (Å²) in [5.41, 5.74) is 5.42.